The predicted molar refractivity (Wildman–Crippen MR) is 80.3 cm³/mol. The molecule has 1 aliphatic heterocycles. The number of furan rings is 1. The fourth-order valence-electron chi connectivity index (χ4n) is 2.60. The number of carbonyl (C=O) groups is 1. The van der Waals surface area contributed by atoms with Crippen LogP contribution in [-0.2, 0) is 17.8 Å². The zero-order valence-corrected chi connectivity index (χ0v) is 13.2. The van der Waals surface area contributed by atoms with E-state index in [9.17, 15) is 9.18 Å². The average Bonchev–Trinajstić information content (AvgIpc) is 3.22. The van der Waals surface area contributed by atoms with Crippen molar-refractivity contribution >= 4 is 5.91 Å². The molecule has 0 radical (unpaired) electrons. The molecule has 0 saturated carbocycles. The van der Waals surface area contributed by atoms with Crippen molar-refractivity contribution in [2.45, 2.75) is 38.5 Å². The molecule has 0 unspecified atom stereocenters. The molecule has 2 N–H and O–H groups in total. The van der Waals surface area contributed by atoms with Gasteiger partial charge < -0.3 is 14.6 Å². The molecule has 1 saturated heterocycles. The van der Waals surface area contributed by atoms with Crippen LogP contribution in [0.2, 0.25) is 0 Å². The van der Waals surface area contributed by atoms with Gasteiger partial charge in [0.1, 0.15) is 17.8 Å². The van der Waals surface area contributed by atoms with Crippen LogP contribution in [-0.4, -0.2) is 45.8 Å². The first-order valence-electron chi connectivity index (χ1n) is 7.58. The van der Waals surface area contributed by atoms with Gasteiger partial charge >= 0.3 is 0 Å². The van der Waals surface area contributed by atoms with E-state index in [0.717, 1.165) is 5.56 Å². The minimum atomic E-state index is -0.859. The van der Waals surface area contributed by atoms with Crippen LogP contribution in [0.1, 0.15) is 35.4 Å². The number of likely N-dealkylation sites (N-methyl/N-ethyl adjacent to an activating group) is 1. The van der Waals surface area contributed by atoms with Crippen LogP contribution < -0.4 is 5.32 Å². The second-order valence-electron chi connectivity index (χ2n) is 5.89. The van der Waals surface area contributed by atoms with Crippen LogP contribution in [0.4, 0.5) is 4.39 Å². The SMILES string of the molecule is Cc1ccoc1CC(=O)N(C)Cc1nc([C@H]2C[C@H](F)CN2)n[nH]1. The monoisotopic (exact) mass is 321 g/mol. The highest BCUT2D eigenvalue weighted by Crippen LogP contribution is 2.22. The first-order valence-corrected chi connectivity index (χ1v) is 7.58. The van der Waals surface area contributed by atoms with Crippen molar-refractivity contribution in [2.75, 3.05) is 13.6 Å². The number of nitrogens with zero attached hydrogens (tertiary/aromatic N) is 3. The van der Waals surface area contributed by atoms with E-state index in [1.54, 1.807) is 18.2 Å². The number of aromatic nitrogens is 3. The Kier molecular flexibility index (Phi) is 4.42. The normalized spacial score (nSPS) is 20.8. The third kappa shape index (κ3) is 3.58. The Balaban J connectivity index is 1.57. The van der Waals surface area contributed by atoms with E-state index in [2.05, 4.69) is 20.5 Å². The van der Waals surface area contributed by atoms with Crippen molar-refractivity contribution in [3.63, 3.8) is 0 Å². The van der Waals surface area contributed by atoms with Gasteiger partial charge in [0.25, 0.3) is 0 Å². The maximum Gasteiger partial charge on any atom is 0.230 e. The van der Waals surface area contributed by atoms with E-state index in [1.807, 2.05) is 13.0 Å². The van der Waals surface area contributed by atoms with E-state index in [-0.39, 0.29) is 18.4 Å². The van der Waals surface area contributed by atoms with Crippen molar-refractivity contribution in [3.05, 3.63) is 35.3 Å². The molecular formula is C15H20FN5O2. The number of amides is 1. The molecule has 3 heterocycles. The zero-order valence-electron chi connectivity index (χ0n) is 13.2. The first kappa shape index (κ1) is 15.7. The molecule has 124 valence electrons. The number of aryl methyl sites for hydroxylation is 1. The number of hydrogen-bond acceptors (Lipinski definition) is 5. The number of aromatic amines is 1. The van der Waals surface area contributed by atoms with Crippen molar-refractivity contribution < 1.29 is 13.6 Å². The summed E-state index contributed by atoms with van der Waals surface area (Å²) in [5, 5.41) is 9.96. The Bertz CT molecular complexity index is 683. The summed E-state index contributed by atoms with van der Waals surface area (Å²) in [6, 6.07) is 1.67. The van der Waals surface area contributed by atoms with Gasteiger partial charge in [-0.3, -0.25) is 9.89 Å². The summed E-state index contributed by atoms with van der Waals surface area (Å²) in [6.07, 6.45) is 1.31. The van der Waals surface area contributed by atoms with Gasteiger partial charge in [-0.1, -0.05) is 0 Å². The molecule has 0 spiro atoms. The smallest absolute Gasteiger partial charge is 0.230 e. The van der Waals surface area contributed by atoms with E-state index < -0.39 is 6.17 Å². The Labute approximate surface area is 133 Å². The Morgan fingerprint density at radius 2 is 2.39 bits per heavy atom. The quantitative estimate of drug-likeness (QED) is 0.866. The largest absolute Gasteiger partial charge is 0.469 e. The Morgan fingerprint density at radius 1 is 1.57 bits per heavy atom. The van der Waals surface area contributed by atoms with Crippen molar-refractivity contribution in [1.29, 1.82) is 0 Å². The maximum atomic E-state index is 13.2. The second-order valence-corrected chi connectivity index (χ2v) is 5.89. The standard InChI is InChI=1S/C15H20FN5O2/c1-9-3-4-23-12(9)6-14(22)21(2)8-13-18-15(20-19-13)11-5-10(16)7-17-11/h3-4,10-11,17H,5-8H2,1-2H3,(H,18,19,20)/t10-,11+/m0/s1. The zero-order chi connectivity index (χ0) is 16.4. The highest BCUT2D eigenvalue weighted by atomic mass is 19.1. The summed E-state index contributed by atoms with van der Waals surface area (Å²) in [5.41, 5.74) is 0.960. The predicted octanol–water partition coefficient (Wildman–Crippen LogP) is 1.28. The summed E-state index contributed by atoms with van der Waals surface area (Å²) in [4.78, 5) is 18.1. The summed E-state index contributed by atoms with van der Waals surface area (Å²) in [5.74, 6) is 1.73. The number of alkyl halides is 1. The highest BCUT2D eigenvalue weighted by molar-refractivity contribution is 5.78. The molecule has 0 aliphatic carbocycles. The molecule has 1 amide bonds. The van der Waals surface area contributed by atoms with Crippen molar-refractivity contribution in [3.8, 4) is 0 Å². The van der Waals surface area contributed by atoms with E-state index in [4.69, 9.17) is 4.42 Å². The van der Waals surface area contributed by atoms with Crippen LogP contribution in [0.15, 0.2) is 16.7 Å². The van der Waals surface area contributed by atoms with Gasteiger partial charge in [-0.05, 0) is 18.6 Å². The van der Waals surface area contributed by atoms with E-state index in [1.165, 1.54) is 0 Å². The topological polar surface area (TPSA) is 87.1 Å². The number of carbonyl (C=O) groups excluding carboxylic acids is 1. The van der Waals surface area contributed by atoms with Gasteiger partial charge in [-0.15, -0.1) is 0 Å². The molecule has 0 aromatic carbocycles. The molecule has 1 aliphatic rings. The number of rotatable bonds is 5. The van der Waals surface area contributed by atoms with Crippen LogP contribution in [0, 0.1) is 6.92 Å². The Morgan fingerprint density at radius 3 is 3.04 bits per heavy atom. The Hall–Kier alpha value is -2.22. The number of halogens is 1. The van der Waals surface area contributed by atoms with Crippen LogP contribution in [0.5, 0.6) is 0 Å². The van der Waals surface area contributed by atoms with Gasteiger partial charge in [0.05, 0.1) is 25.3 Å². The first-order chi connectivity index (χ1) is 11.0. The number of hydrogen-bond donors (Lipinski definition) is 2. The highest BCUT2D eigenvalue weighted by Gasteiger charge is 2.28. The van der Waals surface area contributed by atoms with E-state index >= 15 is 0 Å². The molecule has 2 aromatic heterocycles. The molecule has 1 fully saturated rings. The fraction of sp³-hybridized carbons (Fsp3) is 0.533. The lowest BCUT2D eigenvalue weighted by Gasteiger charge is -2.15. The van der Waals surface area contributed by atoms with E-state index in [0.29, 0.717) is 36.9 Å². The van der Waals surface area contributed by atoms with Gasteiger partial charge in [0.2, 0.25) is 5.91 Å². The van der Waals surface area contributed by atoms with Gasteiger partial charge in [-0.2, -0.15) is 5.10 Å². The molecule has 2 aromatic rings. The molecular weight excluding hydrogens is 301 g/mol. The van der Waals surface area contributed by atoms with Crippen molar-refractivity contribution in [1.82, 2.24) is 25.4 Å². The van der Waals surface area contributed by atoms with Gasteiger partial charge in [0.15, 0.2) is 5.82 Å². The molecule has 3 rings (SSSR count). The number of H-pyrrole nitrogens is 1. The lowest BCUT2D eigenvalue weighted by molar-refractivity contribution is -0.130. The van der Waals surface area contributed by atoms with Crippen molar-refractivity contribution in [2.24, 2.45) is 0 Å². The summed E-state index contributed by atoms with van der Waals surface area (Å²) in [6.45, 7) is 2.55. The lowest BCUT2D eigenvalue weighted by atomic mass is 10.2. The van der Waals surface area contributed by atoms with Crippen LogP contribution >= 0.6 is 0 Å². The van der Waals surface area contributed by atoms with Gasteiger partial charge in [0, 0.05) is 20.0 Å². The minimum absolute atomic E-state index is 0.0659. The fourth-order valence-corrected chi connectivity index (χ4v) is 2.60. The van der Waals surface area contributed by atoms with Gasteiger partial charge in [-0.25, -0.2) is 9.37 Å². The molecule has 0 bridgehead atoms. The van der Waals surface area contributed by atoms with Crippen LogP contribution in [0.25, 0.3) is 0 Å². The summed E-state index contributed by atoms with van der Waals surface area (Å²) >= 11 is 0. The maximum absolute atomic E-state index is 13.2. The third-order valence-corrected chi connectivity index (χ3v) is 4.03. The second kappa shape index (κ2) is 6.49. The lowest BCUT2D eigenvalue weighted by Crippen LogP contribution is -2.28. The molecule has 2 atom stereocenters. The van der Waals surface area contributed by atoms with Crippen LogP contribution in [0.3, 0.4) is 0 Å². The third-order valence-electron chi connectivity index (χ3n) is 4.03. The molecule has 7 nitrogen and oxygen atoms in total. The summed E-state index contributed by atoms with van der Waals surface area (Å²) < 4.78 is 18.5. The number of nitrogens with one attached hydrogen (secondary N) is 2. The summed E-state index contributed by atoms with van der Waals surface area (Å²) in [7, 11) is 1.70. The molecule has 8 heteroatoms. The average molecular weight is 321 g/mol. The molecule has 23 heavy (non-hydrogen) atoms. The minimum Gasteiger partial charge on any atom is -0.469 e.